The van der Waals surface area contributed by atoms with Crippen molar-refractivity contribution in [3.8, 4) is 0 Å². The molecule has 0 aliphatic carbocycles. The molecule has 1 aromatic heterocycles. The molecule has 0 radical (unpaired) electrons. The third kappa shape index (κ3) is 2.65. The minimum Gasteiger partial charge on any atom is -0.481 e. The van der Waals surface area contributed by atoms with Crippen molar-refractivity contribution in [2.75, 3.05) is 13.1 Å². The van der Waals surface area contributed by atoms with Gasteiger partial charge in [0.25, 0.3) is 0 Å². The van der Waals surface area contributed by atoms with Gasteiger partial charge in [-0.15, -0.1) is 0 Å². The van der Waals surface area contributed by atoms with Crippen LogP contribution in [-0.4, -0.2) is 50.3 Å². The van der Waals surface area contributed by atoms with Crippen LogP contribution in [0.3, 0.4) is 0 Å². The topological polar surface area (TPSA) is 117 Å². The summed E-state index contributed by atoms with van der Waals surface area (Å²) in [6.45, 7) is 1.02. The standard InChI is InChI=1S/C10H13N3O5/c14-9(15)6-1-2-13(3-7(6)10(16)17)4-8-11-5-12-18-8/h5-7H,1-4H2,(H,14,15)(H,16,17). The van der Waals surface area contributed by atoms with E-state index >= 15 is 0 Å². The Morgan fingerprint density at radius 3 is 2.67 bits per heavy atom. The summed E-state index contributed by atoms with van der Waals surface area (Å²) in [6, 6.07) is 0. The van der Waals surface area contributed by atoms with Gasteiger partial charge in [0, 0.05) is 6.54 Å². The Morgan fingerprint density at radius 1 is 1.39 bits per heavy atom. The molecule has 98 valence electrons. The van der Waals surface area contributed by atoms with Gasteiger partial charge in [0.2, 0.25) is 5.89 Å². The predicted molar refractivity (Wildman–Crippen MR) is 56.4 cm³/mol. The average Bonchev–Trinajstić information content (AvgIpc) is 2.81. The number of carboxylic acid groups (broad SMARTS) is 2. The summed E-state index contributed by atoms with van der Waals surface area (Å²) < 4.78 is 4.84. The normalized spacial score (nSPS) is 24.9. The predicted octanol–water partition coefficient (Wildman–Crippen LogP) is -0.323. The van der Waals surface area contributed by atoms with Crippen LogP contribution in [0.25, 0.3) is 0 Å². The summed E-state index contributed by atoms with van der Waals surface area (Å²) in [4.78, 5) is 27.7. The molecule has 18 heavy (non-hydrogen) atoms. The van der Waals surface area contributed by atoms with Crippen molar-refractivity contribution in [3.63, 3.8) is 0 Å². The third-order valence-corrected chi connectivity index (χ3v) is 3.10. The van der Waals surface area contributed by atoms with E-state index in [0.29, 0.717) is 25.4 Å². The summed E-state index contributed by atoms with van der Waals surface area (Å²) in [5.74, 6) is -3.48. The number of piperidine rings is 1. The molecule has 2 N–H and O–H groups in total. The molecular weight excluding hydrogens is 242 g/mol. The van der Waals surface area contributed by atoms with Gasteiger partial charge in [-0.2, -0.15) is 4.98 Å². The molecule has 2 atom stereocenters. The highest BCUT2D eigenvalue weighted by atomic mass is 16.5. The van der Waals surface area contributed by atoms with Crippen molar-refractivity contribution in [1.29, 1.82) is 0 Å². The van der Waals surface area contributed by atoms with E-state index in [0.717, 1.165) is 0 Å². The van der Waals surface area contributed by atoms with Gasteiger partial charge in [-0.05, 0) is 13.0 Å². The fourth-order valence-corrected chi connectivity index (χ4v) is 2.17. The first kappa shape index (κ1) is 12.5. The number of hydrogen-bond donors (Lipinski definition) is 2. The van der Waals surface area contributed by atoms with Gasteiger partial charge in [-0.3, -0.25) is 14.5 Å². The Kier molecular flexibility index (Phi) is 3.56. The molecule has 0 spiro atoms. The molecule has 1 aliphatic rings. The first-order chi connectivity index (χ1) is 8.58. The van der Waals surface area contributed by atoms with Crippen LogP contribution in [0.2, 0.25) is 0 Å². The number of carboxylic acids is 2. The molecule has 1 aliphatic heterocycles. The van der Waals surface area contributed by atoms with Crippen LogP contribution in [-0.2, 0) is 16.1 Å². The maximum atomic E-state index is 11.1. The molecule has 1 fully saturated rings. The van der Waals surface area contributed by atoms with E-state index in [4.69, 9.17) is 14.7 Å². The van der Waals surface area contributed by atoms with E-state index in [2.05, 4.69) is 10.1 Å². The Morgan fingerprint density at radius 2 is 2.11 bits per heavy atom. The lowest BCUT2D eigenvalue weighted by molar-refractivity contribution is -0.157. The highest BCUT2D eigenvalue weighted by molar-refractivity contribution is 5.80. The Balaban J connectivity index is 2.02. The van der Waals surface area contributed by atoms with Crippen molar-refractivity contribution >= 4 is 11.9 Å². The first-order valence-corrected chi connectivity index (χ1v) is 5.51. The van der Waals surface area contributed by atoms with Gasteiger partial charge in [0.1, 0.15) is 0 Å². The number of nitrogens with zero attached hydrogens (tertiary/aromatic N) is 3. The lowest BCUT2D eigenvalue weighted by atomic mass is 9.85. The molecule has 2 unspecified atom stereocenters. The molecule has 0 saturated carbocycles. The van der Waals surface area contributed by atoms with Crippen molar-refractivity contribution in [3.05, 3.63) is 12.2 Å². The average molecular weight is 255 g/mol. The van der Waals surface area contributed by atoms with Gasteiger partial charge in [-0.25, -0.2) is 0 Å². The van der Waals surface area contributed by atoms with Crippen LogP contribution in [0.15, 0.2) is 10.9 Å². The second kappa shape index (κ2) is 5.13. The van der Waals surface area contributed by atoms with Crippen LogP contribution in [0.5, 0.6) is 0 Å². The zero-order chi connectivity index (χ0) is 13.1. The van der Waals surface area contributed by atoms with Gasteiger partial charge in [0.15, 0.2) is 6.33 Å². The van der Waals surface area contributed by atoms with Crippen LogP contribution in [0.4, 0.5) is 0 Å². The Hall–Kier alpha value is -1.96. The minimum absolute atomic E-state index is 0.175. The maximum absolute atomic E-state index is 11.1. The van der Waals surface area contributed by atoms with E-state index in [-0.39, 0.29) is 6.54 Å². The van der Waals surface area contributed by atoms with E-state index in [1.807, 2.05) is 4.90 Å². The molecule has 8 heteroatoms. The maximum Gasteiger partial charge on any atom is 0.308 e. The molecule has 1 saturated heterocycles. The Labute approximate surface area is 102 Å². The summed E-state index contributed by atoms with van der Waals surface area (Å²) in [7, 11) is 0. The molecule has 0 aromatic carbocycles. The van der Waals surface area contributed by atoms with Crippen LogP contribution in [0.1, 0.15) is 12.3 Å². The molecule has 0 bridgehead atoms. The van der Waals surface area contributed by atoms with E-state index in [1.54, 1.807) is 0 Å². The quantitative estimate of drug-likeness (QED) is 0.751. The summed E-state index contributed by atoms with van der Waals surface area (Å²) in [5, 5.41) is 21.5. The fourth-order valence-electron chi connectivity index (χ4n) is 2.17. The van der Waals surface area contributed by atoms with Crippen molar-refractivity contribution < 1.29 is 24.3 Å². The minimum atomic E-state index is -1.09. The number of rotatable bonds is 4. The van der Waals surface area contributed by atoms with E-state index in [1.165, 1.54) is 6.33 Å². The SMILES string of the molecule is O=C(O)C1CCN(Cc2ncno2)CC1C(=O)O. The summed E-state index contributed by atoms with van der Waals surface area (Å²) >= 11 is 0. The van der Waals surface area contributed by atoms with Gasteiger partial charge in [-0.1, -0.05) is 5.16 Å². The summed E-state index contributed by atoms with van der Waals surface area (Å²) in [6.07, 6.45) is 1.58. The number of hydrogen-bond acceptors (Lipinski definition) is 6. The zero-order valence-corrected chi connectivity index (χ0v) is 9.52. The Bertz CT molecular complexity index is 433. The molecule has 1 aromatic rings. The van der Waals surface area contributed by atoms with Crippen molar-refractivity contribution in [1.82, 2.24) is 15.0 Å². The molecule has 2 heterocycles. The third-order valence-electron chi connectivity index (χ3n) is 3.10. The first-order valence-electron chi connectivity index (χ1n) is 5.51. The lowest BCUT2D eigenvalue weighted by Gasteiger charge is -2.33. The molecule has 0 amide bonds. The highest BCUT2D eigenvalue weighted by Gasteiger charge is 2.38. The second-order valence-electron chi connectivity index (χ2n) is 4.25. The number of carbonyl (C=O) groups is 2. The van der Waals surface area contributed by atoms with Gasteiger partial charge in [0.05, 0.1) is 18.4 Å². The lowest BCUT2D eigenvalue weighted by Crippen LogP contribution is -2.46. The second-order valence-corrected chi connectivity index (χ2v) is 4.25. The van der Waals surface area contributed by atoms with Crippen molar-refractivity contribution in [2.45, 2.75) is 13.0 Å². The van der Waals surface area contributed by atoms with Gasteiger partial charge < -0.3 is 14.7 Å². The zero-order valence-electron chi connectivity index (χ0n) is 9.52. The molecule has 8 nitrogen and oxygen atoms in total. The number of likely N-dealkylation sites (tertiary alicyclic amines) is 1. The van der Waals surface area contributed by atoms with E-state index < -0.39 is 23.8 Å². The number of aliphatic carboxylic acids is 2. The number of aromatic nitrogens is 2. The molecule has 2 rings (SSSR count). The molecular formula is C10H13N3O5. The van der Waals surface area contributed by atoms with Gasteiger partial charge >= 0.3 is 11.9 Å². The highest BCUT2D eigenvalue weighted by Crippen LogP contribution is 2.25. The fraction of sp³-hybridized carbons (Fsp3) is 0.600. The smallest absolute Gasteiger partial charge is 0.308 e. The van der Waals surface area contributed by atoms with Crippen LogP contribution < -0.4 is 0 Å². The largest absolute Gasteiger partial charge is 0.481 e. The van der Waals surface area contributed by atoms with Crippen LogP contribution >= 0.6 is 0 Å². The monoisotopic (exact) mass is 255 g/mol. The summed E-state index contributed by atoms with van der Waals surface area (Å²) in [5.41, 5.74) is 0. The van der Waals surface area contributed by atoms with Crippen molar-refractivity contribution in [2.24, 2.45) is 11.8 Å². The van der Waals surface area contributed by atoms with Crippen LogP contribution in [0, 0.1) is 11.8 Å². The van der Waals surface area contributed by atoms with E-state index in [9.17, 15) is 9.59 Å².